The summed E-state index contributed by atoms with van der Waals surface area (Å²) in [6.07, 6.45) is 0. The number of hydrogen-bond acceptors (Lipinski definition) is 2. The molecule has 0 bridgehead atoms. The van der Waals surface area contributed by atoms with Crippen LogP contribution >= 0.6 is 0 Å². The third kappa shape index (κ3) is 3.31. The first-order chi connectivity index (χ1) is 8.90. The maximum absolute atomic E-state index is 14.5. The molecule has 0 amide bonds. The van der Waals surface area contributed by atoms with Crippen molar-refractivity contribution < 1.29 is 8.78 Å². The van der Waals surface area contributed by atoms with Gasteiger partial charge in [-0.2, -0.15) is 8.78 Å². The van der Waals surface area contributed by atoms with Gasteiger partial charge in [0.05, 0.1) is 6.54 Å². The number of piperazine rings is 1. The topological polar surface area (TPSA) is 15.3 Å². The molecule has 0 aromatic heterocycles. The second-order valence-electron chi connectivity index (χ2n) is 5.48. The van der Waals surface area contributed by atoms with Crippen LogP contribution in [0.15, 0.2) is 12.1 Å². The van der Waals surface area contributed by atoms with E-state index in [4.69, 9.17) is 0 Å². The Labute approximate surface area is 113 Å². The maximum Gasteiger partial charge on any atom is 0.285 e. The van der Waals surface area contributed by atoms with Crippen molar-refractivity contribution in [2.45, 2.75) is 26.7 Å². The highest BCUT2D eigenvalue weighted by Gasteiger charge is 2.35. The van der Waals surface area contributed by atoms with Crippen LogP contribution in [-0.4, -0.2) is 37.6 Å². The third-order valence-corrected chi connectivity index (χ3v) is 3.87. The van der Waals surface area contributed by atoms with Crippen molar-refractivity contribution in [3.63, 3.8) is 0 Å². The zero-order chi connectivity index (χ0) is 14.0. The van der Waals surface area contributed by atoms with E-state index >= 15 is 0 Å². The summed E-state index contributed by atoms with van der Waals surface area (Å²) >= 11 is 0. The van der Waals surface area contributed by atoms with Crippen molar-refractivity contribution in [1.82, 2.24) is 10.2 Å². The number of benzene rings is 1. The molecular weight excluding hydrogens is 246 g/mol. The van der Waals surface area contributed by atoms with Crippen LogP contribution in [-0.2, 0) is 5.92 Å². The molecule has 4 heteroatoms. The van der Waals surface area contributed by atoms with Gasteiger partial charge in [-0.1, -0.05) is 6.07 Å². The van der Waals surface area contributed by atoms with Gasteiger partial charge in [-0.3, -0.25) is 4.90 Å². The fraction of sp³-hybridized carbons (Fsp3) is 0.600. The van der Waals surface area contributed by atoms with Crippen molar-refractivity contribution in [2.24, 2.45) is 0 Å². The Morgan fingerprint density at radius 2 is 1.63 bits per heavy atom. The standard InChI is InChI=1S/C15H22F2N2/c1-11-8-13(3)14(9-12(11)2)15(16,17)10-19-6-4-18-5-7-19/h8-9,18H,4-7,10H2,1-3H3. The van der Waals surface area contributed by atoms with Crippen LogP contribution < -0.4 is 5.32 Å². The largest absolute Gasteiger partial charge is 0.314 e. The Hall–Kier alpha value is -1.00. The predicted molar refractivity (Wildman–Crippen MR) is 73.9 cm³/mol. The van der Waals surface area contributed by atoms with Crippen LogP contribution in [0.2, 0.25) is 0 Å². The molecule has 1 N–H and O–H groups in total. The lowest BCUT2D eigenvalue weighted by molar-refractivity contribution is -0.0406. The van der Waals surface area contributed by atoms with Crippen molar-refractivity contribution in [3.05, 3.63) is 34.4 Å². The summed E-state index contributed by atoms with van der Waals surface area (Å²) in [5.74, 6) is -2.78. The molecule has 0 radical (unpaired) electrons. The molecule has 0 saturated carbocycles. The fourth-order valence-corrected chi connectivity index (χ4v) is 2.59. The zero-order valence-electron chi connectivity index (χ0n) is 11.9. The quantitative estimate of drug-likeness (QED) is 0.906. The van der Waals surface area contributed by atoms with Crippen LogP contribution in [0.5, 0.6) is 0 Å². The van der Waals surface area contributed by atoms with Gasteiger partial charge < -0.3 is 5.32 Å². The molecule has 1 aliphatic rings. The normalized spacial score (nSPS) is 17.7. The van der Waals surface area contributed by atoms with E-state index in [9.17, 15) is 8.78 Å². The van der Waals surface area contributed by atoms with E-state index in [0.29, 0.717) is 18.7 Å². The van der Waals surface area contributed by atoms with Gasteiger partial charge in [-0.05, 0) is 43.5 Å². The number of rotatable bonds is 3. The molecule has 2 rings (SSSR count). The van der Waals surface area contributed by atoms with E-state index in [0.717, 1.165) is 24.2 Å². The Bertz CT molecular complexity index is 452. The number of halogens is 2. The number of nitrogens with one attached hydrogen (secondary N) is 1. The van der Waals surface area contributed by atoms with Crippen LogP contribution in [0.3, 0.4) is 0 Å². The van der Waals surface area contributed by atoms with Crippen molar-refractivity contribution in [2.75, 3.05) is 32.7 Å². The molecule has 1 aliphatic heterocycles. The molecule has 2 nitrogen and oxygen atoms in total. The molecule has 0 aliphatic carbocycles. The van der Waals surface area contributed by atoms with E-state index in [1.54, 1.807) is 13.0 Å². The Balaban J connectivity index is 2.20. The molecule has 1 aromatic rings. The molecule has 1 heterocycles. The van der Waals surface area contributed by atoms with E-state index in [1.165, 1.54) is 0 Å². The summed E-state index contributed by atoms with van der Waals surface area (Å²) < 4.78 is 28.9. The average Bonchev–Trinajstić information content (AvgIpc) is 2.34. The molecule has 106 valence electrons. The van der Waals surface area contributed by atoms with Gasteiger partial charge in [0.2, 0.25) is 0 Å². The second kappa shape index (κ2) is 5.55. The summed E-state index contributed by atoms with van der Waals surface area (Å²) in [7, 11) is 0. The van der Waals surface area contributed by atoms with Crippen LogP contribution in [0.4, 0.5) is 8.78 Å². The highest BCUT2D eigenvalue weighted by Crippen LogP contribution is 2.33. The lowest BCUT2D eigenvalue weighted by atomic mass is 9.96. The van der Waals surface area contributed by atoms with Gasteiger partial charge in [0, 0.05) is 31.7 Å². The average molecular weight is 268 g/mol. The number of hydrogen-bond donors (Lipinski definition) is 1. The summed E-state index contributed by atoms with van der Waals surface area (Å²) in [5, 5.41) is 3.18. The van der Waals surface area contributed by atoms with Gasteiger partial charge in [0.1, 0.15) is 0 Å². The maximum atomic E-state index is 14.5. The van der Waals surface area contributed by atoms with Crippen molar-refractivity contribution in [3.8, 4) is 0 Å². The fourth-order valence-electron chi connectivity index (χ4n) is 2.59. The first-order valence-corrected chi connectivity index (χ1v) is 6.79. The lowest BCUT2D eigenvalue weighted by Gasteiger charge is -2.31. The van der Waals surface area contributed by atoms with Crippen LogP contribution in [0.1, 0.15) is 22.3 Å². The van der Waals surface area contributed by atoms with Crippen molar-refractivity contribution >= 4 is 0 Å². The molecule has 1 saturated heterocycles. The first-order valence-electron chi connectivity index (χ1n) is 6.79. The lowest BCUT2D eigenvalue weighted by Crippen LogP contribution is -2.47. The van der Waals surface area contributed by atoms with Gasteiger partial charge in [-0.25, -0.2) is 0 Å². The molecular formula is C15H22F2N2. The molecule has 0 unspecified atom stereocenters. The monoisotopic (exact) mass is 268 g/mol. The summed E-state index contributed by atoms with van der Waals surface area (Å²) in [4.78, 5) is 1.84. The molecule has 1 fully saturated rings. The summed E-state index contributed by atoms with van der Waals surface area (Å²) in [6.45, 7) is 8.41. The molecule has 0 spiro atoms. The van der Waals surface area contributed by atoms with Crippen LogP contribution in [0.25, 0.3) is 0 Å². The van der Waals surface area contributed by atoms with Gasteiger partial charge in [0.15, 0.2) is 0 Å². The first kappa shape index (κ1) is 14.4. The minimum atomic E-state index is -2.78. The van der Waals surface area contributed by atoms with E-state index < -0.39 is 5.92 Å². The smallest absolute Gasteiger partial charge is 0.285 e. The SMILES string of the molecule is Cc1cc(C)c(C(F)(F)CN2CCNCC2)cc1C. The highest BCUT2D eigenvalue weighted by molar-refractivity contribution is 5.39. The van der Waals surface area contributed by atoms with Gasteiger partial charge in [0.25, 0.3) is 5.92 Å². The number of nitrogens with zero attached hydrogens (tertiary/aromatic N) is 1. The number of alkyl halides is 2. The molecule has 19 heavy (non-hydrogen) atoms. The Kier molecular flexibility index (Phi) is 4.21. The van der Waals surface area contributed by atoms with Gasteiger partial charge in [-0.15, -0.1) is 0 Å². The minimum Gasteiger partial charge on any atom is -0.314 e. The van der Waals surface area contributed by atoms with E-state index in [2.05, 4.69) is 5.32 Å². The molecule has 1 aromatic carbocycles. The minimum absolute atomic E-state index is 0.175. The summed E-state index contributed by atoms with van der Waals surface area (Å²) in [5.41, 5.74) is 2.86. The summed E-state index contributed by atoms with van der Waals surface area (Å²) in [6, 6.07) is 3.50. The highest BCUT2D eigenvalue weighted by atomic mass is 19.3. The third-order valence-electron chi connectivity index (χ3n) is 3.87. The van der Waals surface area contributed by atoms with E-state index in [1.807, 2.05) is 24.8 Å². The van der Waals surface area contributed by atoms with Gasteiger partial charge >= 0.3 is 0 Å². The van der Waals surface area contributed by atoms with E-state index in [-0.39, 0.29) is 12.1 Å². The Morgan fingerprint density at radius 1 is 1.05 bits per heavy atom. The second-order valence-corrected chi connectivity index (χ2v) is 5.48. The Morgan fingerprint density at radius 3 is 2.26 bits per heavy atom. The molecule has 0 atom stereocenters. The predicted octanol–water partition coefficient (Wildman–Crippen LogP) is 2.61. The zero-order valence-corrected chi connectivity index (χ0v) is 11.9. The van der Waals surface area contributed by atoms with Crippen molar-refractivity contribution in [1.29, 1.82) is 0 Å². The van der Waals surface area contributed by atoms with Crippen LogP contribution in [0, 0.1) is 20.8 Å². The number of aryl methyl sites for hydroxylation is 3.